The molecule has 1 saturated heterocycles. The van der Waals surface area contributed by atoms with Gasteiger partial charge in [0.25, 0.3) is 11.8 Å². The lowest BCUT2D eigenvalue weighted by Crippen LogP contribution is -2.54. The maximum Gasteiger partial charge on any atom is 0.251 e. The van der Waals surface area contributed by atoms with Gasteiger partial charge >= 0.3 is 0 Å². The molecule has 1 aliphatic heterocycles. The summed E-state index contributed by atoms with van der Waals surface area (Å²) in [5.41, 5.74) is 6.21. The number of rotatable bonds is 7. The number of nitrogens with two attached hydrogens (primary N) is 1. The number of aromatic hydroxyl groups is 1. The van der Waals surface area contributed by atoms with Crippen LogP contribution in [0.1, 0.15) is 49.5 Å². The van der Waals surface area contributed by atoms with Crippen LogP contribution < -0.4 is 26.6 Å². The Hall–Kier alpha value is -4.22. The molecule has 1 aliphatic rings. The highest BCUT2D eigenvalue weighted by atomic mass is 35.5. The SMILES string of the molecule is CN(C)c1ccc(O)c(C(=O)c2ccc(C(=O)N[C@@H]3CCCNC[C@H]3NC(=O)c3ccnc(N)c3)cc2)c1F.Cl. The van der Waals surface area contributed by atoms with Gasteiger partial charge in [-0.25, -0.2) is 9.37 Å². The van der Waals surface area contributed by atoms with Crippen LogP contribution in [-0.4, -0.2) is 67.0 Å². The Morgan fingerprint density at radius 2 is 1.65 bits per heavy atom. The van der Waals surface area contributed by atoms with Gasteiger partial charge in [-0.3, -0.25) is 14.4 Å². The van der Waals surface area contributed by atoms with Gasteiger partial charge in [0.2, 0.25) is 0 Å². The van der Waals surface area contributed by atoms with Crippen LogP contribution in [0.15, 0.2) is 54.7 Å². The van der Waals surface area contributed by atoms with Crippen molar-refractivity contribution in [1.29, 1.82) is 0 Å². The fourth-order valence-electron chi connectivity index (χ4n) is 4.50. The van der Waals surface area contributed by atoms with Crippen LogP contribution in [0.3, 0.4) is 0 Å². The number of carbonyl (C=O) groups excluding carboxylic acids is 3. The van der Waals surface area contributed by atoms with E-state index in [1.54, 1.807) is 20.2 Å². The van der Waals surface area contributed by atoms with Crippen LogP contribution >= 0.6 is 12.4 Å². The molecule has 2 heterocycles. The smallest absolute Gasteiger partial charge is 0.251 e. The number of hydrogen-bond donors (Lipinski definition) is 5. The van der Waals surface area contributed by atoms with Crippen LogP contribution in [0.25, 0.3) is 0 Å². The van der Waals surface area contributed by atoms with Gasteiger partial charge in [-0.15, -0.1) is 12.4 Å². The first-order valence-electron chi connectivity index (χ1n) is 12.5. The zero-order valence-electron chi connectivity index (χ0n) is 22.1. The molecule has 0 bridgehead atoms. The lowest BCUT2D eigenvalue weighted by molar-refractivity contribution is 0.0882. The molecule has 0 radical (unpaired) electrons. The quantitative estimate of drug-likeness (QED) is 0.272. The number of anilines is 2. The maximum absolute atomic E-state index is 14.9. The predicted molar refractivity (Wildman–Crippen MR) is 153 cm³/mol. The highest BCUT2D eigenvalue weighted by Crippen LogP contribution is 2.30. The highest BCUT2D eigenvalue weighted by Gasteiger charge is 2.28. The normalized spacial score (nSPS) is 16.7. The molecule has 6 N–H and O–H groups in total. The number of benzene rings is 2. The Kier molecular flexibility index (Phi) is 10.0. The van der Waals surface area contributed by atoms with E-state index in [9.17, 15) is 23.9 Å². The van der Waals surface area contributed by atoms with Crippen LogP contribution in [0.5, 0.6) is 5.75 Å². The van der Waals surface area contributed by atoms with Gasteiger partial charge in [-0.2, -0.15) is 0 Å². The second-order valence-electron chi connectivity index (χ2n) is 9.57. The molecule has 0 unspecified atom stereocenters. The van der Waals surface area contributed by atoms with Crippen LogP contribution in [0, 0.1) is 5.82 Å². The summed E-state index contributed by atoms with van der Waals surface area (Å²) >= 11 is 0. The molecule has 12 heteroatoms. The van der Waals surface area contributed by atoms with Crippen molar-refractivity contribution in [2.75, 3.05) is 37.8 Å². The van der Waals surface area contributed by atoms with Crippen LogP contribution in [-0.2, 0) is 0 Å². The molecule has 0 saturated carbocycles. The average Bonchev–Trinajstić information content (AvgIpc) is 3.13. The summed E-state index contributed by atoms with van der Waals surface area (Å²) in [4.78, 5) is 44.3. The van der Waals surface area contributed by atoms with Gasteiger partial charge in [-0.05, 0) is 55.8 Å². The number of aromatic nitrogens is 1. The summed E-state index contributed by atoms with van der Waals surface area (Å²) < 4.78 is 14.9. The second kappa shape index (κ2) is 13.2. The fraction of sp³-hybridized carbons (Fsp3) is 0.286. The first kappa shape index (κ1) is 30.3. The Bertz CT molecular complexity index is 1390. The number of nitrogen functional groups attached to an aromatic ring is 1. The zero-order chi connectivity index (χ0) is 28.1. The maximum atomic E-state index is 14.9. The molecular formula is C28H32ClFN6O4. The molecule has 1 aromatic heterocycles. The van der Waals surface area contributed by atoms with Crippen molar-refractivity contribution in [2.24, 2.45) is 0 Å². The van der Waals surface area contributed by atoms with Crippen molar-refractivity contribution in [3.05, 3.63) is 82.8 Å². The first-order valence-corrected chi connectivity index (χ1v) is 12.5. The summed E-state index contributed by atoms with van der Waals surface area (Å²) in [5, 5.41) is 19.4. The molecule has 40 heavy (non-hydrogen) atoms. The van der Waals surface area contributed by atoms with Gasteiger partial charge < -0.3 is 31.7 Å². The molecule has 1 fully saturated rings. The molecule has 2 aromatic carbocycles. The number of phenolic OH excluding ortho intramolecular Hbond substituents is 1. The number of halogens is 2. The minimum absolute atomic E-state index is 0. The lowest BCUT2D eigenvalue weighted by atomic mass is 9.99. The van der Waals surface area contributed by atoms with Gasteiger partial charge in [0.05, 0.1) is 17.8 Å². The van der Waals surface area contributed by atoms with Crippen molar-refractivity contribution >= 4 is 41.5 Å². The molecule has 0 spiro atoms. The van der Waals surface area contributed by atoms with Gasteiger partial charge in [0.1, 0.15) is 17.1 Å². The largest absolute Gasteiger partial charge is 0.507 e. The Morgan fingerprint density at radius 3 is 2.33 bits per heavy atom. The third-order valence-corrected chi connectivity index (χ3v) is 6.61. The highest BCUT2D eigenvalue weighted by molar-refractivity contribution is 6.11. The summed E-state index contributed by atoms with van der Waals surface area (Å²) in [6.07, 6.45) is 2.89. The summed E-state index contributed by atoms with van der Waals surface area (Å²) in [6.45, 7) is 1.21. The first-order chi connectivity index (χ1) is 18.7. The molecular weight excluding hydrogens is 539 g/mol. The third kappa shape index (κ3) is 6.85. The number of ketones is 1. The number of amides is 2. The van der Waals surface area contributed by atoms with Crippen molar-refractivity contribution in [2.45, 2.75) is 24.9 Å². The van der Waals surface area contributed by atoms with Crippen LogP contribution in [0.2, 0.25) is 0 Å². The van der Waals surface area contributed by atoms with E-state index < -0.39 is 22.9 Å². The van der Waals surface area contributed by atoms with Gasteiger partial charge in [0, 0.05) is 43.5 Å². The molecule has 2 amide bonds. The van der Waals surface area contributed by atoms with E-state index in [0.29, 0.717) is 24.1 Å². The fourth-order valence-corrected chi connectivity index (χ4v) is 4.50. The Labute approximate surface area is 237 Å². The average molecular weight is 571 g/mol. The Balaban J connectivity index is 0.00000441. The van der Waals surface area contributed by atoms with Crippen molar-refractivity contribution in [3.63, 3.8) is 0 Å². The minimum atomic E-state index is -0.823. The summed E-state index contributed by atoms with van der Waals surface area (Å²) in [5.74, 6) is -2.46. The number of hydrogen-bond acceptors (Lipinski definition) is 8. The standard InChI is InChI=1S/C28H31FN6O4.ClH/c1-35(2)21-9-10-22(36)24(25(21)29)26(37)16-5-7-17(8-6-16)27(38)33-19-4-3-12-31-15-20(19)34-28(39)18-11-13-32-23(30)14-18;/h5-11,13-14,19-20,31,36H,3-4,12,15H2,1-2H3,(H2,30,32)(H,33,38)(H,34,39);1H/t19-,20-;/m1./s1. The topological polar surface area (TPSA) is 150 Å². The van der Waals surface area contributed by atoms with E-state index in [1.807, 2.05) is 0 Å². The second-order valence-corrected chi connectivity index (χ2v) is 9.57. The zero-order valence-corrected chi connectivity index (χ0v) is 22.9. The van der Waals surface area contributed by atoms with Crippen LogP contribution in [0.4, 0.5) is 15.9 Å². The van der Waals surface area contributed by atoms with E-state index in [4.69, 9.17) is 5.73 Å². The van der Waals surface area contributed by atoms with E-state index >= 15 is 0 Å². The summed E-state index contributed by atoms with van der Waals surface area (Å²) in [7, 11) is 3.26. The monoisotopic (exact) mass is 570 g/mol. The molecule has 4 rings (SSSR count). The van der Waals surface area contributed by atoms with Gasteiger partial charge in [-0.1, -0.05) is 12.1 Å². The predicted octanol–water partition coefficient (Wildman–Crippen LogP) is 2.51. The minimum Gasteiger partial charge on any atom is -0.507 e. The third-order valence-electron chi connectivity index (χ3n) is 6.61. The van der Waals surface area contributed by atoms with Crippen molar-refractivity contribution in [3.8, 4) is 5.75 Å². The van der Waals surface area contributed by atoms with Crippen molar-refractivity contribution < 1.29 is 23.9 Å². The number of pyridine rings is 1. The number of nitrogens with zero attached hydrogens (tertiary/aromatic N) is 2. The van der Waals surface area contributed by atoms with E-state index in [-0.39, 0.29) is 53.4 Å². The number of nitrogens with one attached hydrogen (secondary N) is 3. The van der Waals surface area contributed by atoms with Gasteiger partial charge in [0.15, 0.2) is 11.6 Å². The van der Waals surface area contributed by atoms with E-state index in [1.165, 1.54) is 53.6 Å². The molecule has 3 aromatic rings. The van der Waals surface area contributed by atoms with E-state index in [2.05, 4.69) is 20.9 Å². The Morgan fingerprint density at radius 1 is 1.00 bits per heavy atom. The summed E-state index contributed by atoms with van der Waals surface area (Å²) in [6, 6.07) is 10.7. The number of carbonyl (C=O) groups is 3. The molecule has 212 valence electrons. The molecule has 2 atom stereocenters. The van der Waals surface area contributed by atoms with Crippen molar-refractivity contribution in [1.82, 2.24) is 20.9 Å². The number of phenols is 1. The van der Waals surface area contributed by atoms with E-state index in [0.717, 1.165) is 13.0 Å². The molecule has 10 nitrogen and oxygen atoms in total. The lowest BCUT2D eigenvalue weighted by Gasteiger charge is -2.27. The molecule has 0 aliphatic carbocycles.